The lowest BCUT2D eigenvalue weighted by atomic mass is 9.86. The summed E-state index contributed by atoms with van der Waals surface area (Å²) in [5.74, 6) is 0. The third-order valence-electron chi connectivity index (χ3n) is 4.91. The Morgan fingerprint density at radius 3 is 2.56 bits per heavy atom. The van der Waals surface area contributed by atoms with Crippen LogP contribution in [-0.4, -0.2) is 29.6 Å². The van der Waals surface area contributed by atoms with Gasteiger partial charge in [0.15, 0.2) is 0 Å². The Labute approximate surface area is 101 Å². The van der Waals surface area contributed by atoms with Crippen molar-refractivity contribution in [1.29, 1.82) is 0 Å². The minimum atomic E-state index is 0.334. The quantitative estimate of drug-likeness (QED) is 0.798. The van der Waals surface area contributed by atoms with E-state index in [2.05, 4.69) is 25.7 Å². The van der Waals surface area contributed by atoms with E-state index in [-0.39, 0.29) is 0 Å². The van der Waals surface area contributed by atoms with Crippen LogP contribution in [0.3, 0.4) is 0 Å². The molecular weight excluding hydrogens is 196 g/mol. The first-order valence-electron chi connectivity index (χ1n) is 7.00. The molecule has 2 heteroatoms. The first-order chi connectivity index (χ1) is 7.53. The van der Waals surface area contributed by atoms with Crippen molar-refractivity contribution in [3.8, 4) is 0 Å². The number of nitrogens with zero attached hydrogens (tertiary/aromatic N) is 1. The lowest BCUT2D eigenvalue weighted by Gasteiger charge is -2.42. The third kappa shape index (κ3) is 2.02. The fourth-order valence-corrected chi connectivity index (χ4v) is 4.06. The second kappa shape index (κ2) is 4.30. The van der Waals surface area contributed by atoms with Crippen LogP contribution in [0.2, 0.25) is 0 Å². The van der Waals surface area contributed by atoms with Gasteiger partial charge in [0.25, 0.3) is 0 Å². The summed E-state index contributed by atoms with van der Waals surface area (Å²) >= 11 is 0. The average Bonchev–Trinajstić information content (AvgIpc) is 2.82. The average molecular weight is 224 g/mol. The van der Waals surface area contributed by atoms with E-state index < -0.39 is 0 Å². The van der Waals surface area contributed by atoms with Crippen molar-refractivity contribution in [2.24, 2.45) is 11.1 Å². The molecule has 0 bridgehead atoms. The van der Waals surface area contributed by atoms with Gasteiger partial charge in [-0.15, -0.1) is 0 Å². The van der Waals surface area contributed by atoms with Crippen LogP contribution in [0.4, 0.5) is 0 Å². The normalized spacial score (nSPS) is 39.4. The second-order valence-electron chi connectivity index (χ2n) is 6.67. The standard InChI is InChI=1S/C14H28N2/c1-4-12-6-5-9-16(12)14(11-15)8-7-13(2,3)10-14/h12H,4-11,15H2,1-3H3. The topological polar surface area (TPSA) is 29.3 Å². The lowest BCUT2D eigenvalue weighted by molar-refractivity contribution is 0.0738. The maximum atomic E-state index is 6.14. The molecule has 2 aliphatic rings. The van der Waals surface area contributed by atoms with Crippen LogP contribution in [-0.2, 0) is 0 Å². The Kier molecular flexibility index (Phi) is 3.33. The molecule has 1 aliphatic carbocycles. The molecule has 2 N–H and O–H groups in total. The van der Waals surface area contributed by atoms with Gasteiger partial charge in [-0.25, -0.2) is 0 Å². The zero-order valence-electron chi connectivity index (χ0n) is 11.3. The highest BCUT2D eigenvalue weighted by Crippen LogP contribution is 2.48. The highest BCUT2D eigenvalue weighted by Gasteiger charge is 2.48. The Balaban J connectivity index is 2.16. The van der Waals surface area contributed by atoms with Gasteiger partial charge in [0, 0.05) is 18.1 Å². The van der Waals surface area contributed by atoms with E-state index in [1.165, 1.54) is 45.1 Å². The van der Waals surface area contributed by atoms with E-state index in [1.54, 1.807) is 0 Å². The molecule has 0 spiro atoms. The summed E-state index contributed by atoms with van der Waals surface area (Å²) in [6, 6.07) is 0.803. The number of hydrogen-bond acceptors (Lipinski definition) is 2. The second-order valence-corrected chi connectivity index (χ2v) is 6.67. The van der Waals surface area contributed by atoms with Crippen molar-refractivity contribution in [2.75, 3.05) is 13.1 Å². The number of nitrogens with two attached hydrogens (primary N) is 1. The predicted octanol–water partition coefficient (Wildman–Crippen LogP) is 2.77. The zero-order chi connectivity index (χ0) is 11.8. The molecule has 2 rings (SSSR count). The molecular formula is C14H28N2. The van der Waals surface area contributed by atoms with E-state index in [0.29, 0.717) is 11.0 Å². The van der Waals surface area contributed by atoms with Crippen molar-refractivity contribution in [2.45, 2.75) is 70.9 Å². The van der Waals surface area contributed by atoms with Crippen LogP contribution in [0.1, 0.15) is 59.3 Å². The lowest BCUT2D eigenvalue weighted by Crippen LogP contribution is -2.54. The Hall–Kier alpha value is -0.0800. The molecule has 2 unspecified atom stereocenters. The van der Waals surface area contributed by atoms with Gasteiger partial charge >= 0.3 is 0 Å². The molecule has 2 nitrogen and oxygen atoms in total. The van der Waals surface area contributed by atoms with Gasteiger partial charge in [-0.05, 0) is 50.5 Å². The molecule has 94 valence electrons. The van der Waals surface area contributed by atoms with E-state index >= 15 is 0 Å². The number of rotatable bonds is 3. The summed E-state index contributed by atoms with van der Waals surface area (Å²) in [7, 11) is 0. The Bertz CT molecular complexity index is 249. The maximum absolute atomic E-state index is 6.14. The largest absolute Gasteiger partial charge is 0.329 e. The molecule has 1 aliphatic heterocycles. The molecule has 0 radical (unpaired) electrons. The zero-order valence-corrected chi connectivity index (χ0v) is 11.3. The fourth-order valence-electron chi connectivity index (χ4n) is 4.06. The smallest absolute Gasteiger partial charge is 0.0339 e. The van der Waals surface area contributed by atoms with E-state index in [0.717, 1.165) is 12.6 Å². The molecule has 2 fully saturated rings. The summed E-state index contributed by atoms with van der Waals surface area (Å²) in [4.78, 5) is 2.77. The number of likely N-dealkylation sites (tertiary alicyclic amines) is 1. The van der Waals surface area contributed by atoms with Gasteiger partial charge < -0.3 is 5.73 Å². The summed E-state index contributed by atoms with van der Waals surface area (Å²) in [6.07, 6.45) is 8.01. The van der Waals surface area contributed by atoms with Gasteiger partial charge in [0.1, 0.15) is 0 Å². The van der Waals surface area contributed by atoms with Gasteiger partial charge in [0.2, 0.25) is 0 Å². The maximum Gasteiger partial charge on any atom is 0.0339 e. The molecule has 0 aromatic carbocycles. The van der Waals surface area contributed by atoms with Crippen molar-refractivity contribution in [3.05, 3.63) is 0 Å². The highest BCUT2D eigenvalue weighted by molar-refractivity contribution is 5.05. The molecule has 0 amide bonds. The highest BCUT2D eigenvalue weighted by atomic mass is 15.3. The molecule has 1 saturated carbocycles. The van der Waals surface area contributed by atoms with Crippen LogP contribution in [0.5, 0.6) is 0 Å². The van der Waals surface area contributed by atoms with E-state index in [9.17, 15) is 0 Å². The van der Waals surface area contributed by atoms with Crippen molar-refractivity contribution < 1.29 is 0 Å². The Morgan fingerprint density at radius 2 is 2.06 bits per heavy atom. The van der Waals surface area contributed by atoms with Gasteiger partial charge in [-0.3, -0.25) is 4.90 Å². The first-order valence-corrected chi connectivity index (χ1v) is 7.00. The molecule has 16 heavy (non-hydrogen) atoms. The SMILES string of the molecule is CCC1CCCN1C1(CN)CCC(C)(C)C1. The third-order valence-corrected chi connectivity index (χ3v) is 4.91. The first kappa shape index (κ1) is 12.4. The van der Waals surface area contributed by atoms with Gasteiger partial charge in [-0.1, -0.05) is 20.8 Å². The van der Waals surface area contributed by atoms with Crippen LogP contribution in [0, 0.1) is 5.41 Å². The molecule has 2 atom stereocenters. The minimum Gasteiger partial charge on any atom is -0.329 e. The Morgan fingerprint density at radius 1 is 1.31 bits per heavy atom. The minimum absolute atomic E-state index is 0.334. The predicted molar refractivity (Wildman–Crippen MR) is 69.4 cm³/mol. The monoisotopic (exact) mass is 224 g/mol. The summed E-state index contributed by atoms with van der Waals surface area (Å²) < 4.78 is 0. The van der Waals surface area contributed by atoms with Crippen LogP contribution < -0.4 is 5.73 Å². The molecule has 0 aromatic heterocycles. The van der Waals surface area contributed by atoms with Crippen LogP contribution >= 0.6 is 0 Å². The molecule has 1 saturated heterocycles. The number of hydrogen-bond donors (Lipinski definition) is 1. The molecule has 1 heterocycles. The fraction of sp³-hybridized carbons (Fsp3) is 1.00. The van der Waals surface area contributed by atoms with Crippen LogP contribution in [0.15, 0.2) is 0 Å². The van der Waals surface area contributed by atoms with E-state index in [1.807, 2.05) is 0 Å². The van der Waals surface area contributed by atoms with Gasteiger partial charge in [0.05, 0.1) is 0 Å². The molecule has 0 aromatic rings. The summed E-state index contributed by atoms with van der Waals surface area (Å²) in [5, 5.41) is 0. The van der Waals surface area contributed by atoms with Gasteiger partial charge in [-0.2, -0.15) is 0 Å². The van der Waals surface area contributed by atoms with Crippen molar-refractivity contribution in [3.63, 3.8) is 0 Å². The van der Waals surface area contributed by atoms with Crippen LogP contribution in [0.25, 0.3) is 0 Å². The summed E-state index contributed by atoms with van der Waals surface area (Å²) in [6.45, 7) is 9.27. The summed E-state index contributed by atoms with van der Waals surface area (Å²) in [5.41, 5.74) is 6.98. The van der Waals surface area contributed by atoms with Crippen molar-refractivity contribution >= 4 is 0 Å². The van der Waals surface area contributed by atoms with E-state index in [4.69, 9.17) is 5.73 Å². The van der Waals surface area contributed by atoms with Crippen molar-refractivity contribution in [1.82, 2.24) is 4.90 Å².